The molecule has 1 aliphatic rings. The molecule has 3 rings (SSSR count). The van der Waals surface area contributed by atoms with Crippen LogP contribution in [0.2, 0.25) is 5.02 Å². The fourth-order valence-electron chi connectivity index (χ4n) is 2.25. The average molecular weight is 346 g/mol. The van der Waals surface area contributed by atoms with Crippen LogP contribution in [0.3, 0.4) is 0 Å². The molecule has 23 heavy (non-hydrogen) atoms. The van der Waals surface area contributed by atoms with E-state index in [0.29, 0.717) is 22.1 Å². The van der Waals surface area contributed by atoms with E-state index in [0.717, 1.165) is 11.1 Å². The third-order valence-electron chi connectivity index (χ3n) is 3.47. The third kappa shape index (κ3) is 3.47. The topological polar surface area (TPSA) is 68.1 Å². The molecule has 5 nitrogen and oxygen atoms in total. The maximum absolute atomic E-state index is 10.4. The minimum absolute atomic E-state index is 0.211. The van der Waals surface area contributed by atoms with E-state index in [1.165, 1.54) is 4.92 Å². The monoisotopic (exact) mass is 345 g/mol. The average Bonchev–Trinajstić information content (AvgIpc) is 2.54. The summed E-state index contributed by atoms with van der Waals surface area (Å²) in [5.41, 5.74) is 2.41. The van der Waals surface area contributed by atoms with Crippen molar-refractivity contribution in [2.24, 2.45) is 5.10 Å². The van der Waals surface area contributed by atoms with Gasteiger partial charge in [-0.05, 0) is 53.1 Å². The van der Waals surface area contributed by atoms with Gasteiger partial charge in [-0.25, -0.2) is 0 Å². The molecule has 0 spiro atoms. The summed E-state index contributed by atoms with van der Waals surface area (Å²) in [4.78, 5) is 1.34. The first-order valence-electron chi connectivity index (χ1n) is 6.91. The molecule has 0 aliphatic carbocycles. The maximum Gasteiger partial charge on any atom is 0.473 e. The lowest BCUT2D eigenvalue weighted by molar-refractivity contribution is 0.475. The van der Waals surface area contributed by atoms with E-state index in [9.17, 15) is 10.1 Å². The number of aromatic hydroxyl groups is 1. The van der Waals surface area contributed by atoms with Gasteiger partial charge in [0.15, 0.2) is 5.11 Å². The normalized spacial score (nSPS) is 13.0. The Labute approximate surface area is 144 Å². The summed E-state index contributed by atoms with van der Waals surface area (Å²) in [6, 6.07) is 12.0. The molecule has 0 aromatic heterocycles. The Kier molecular flexibility index (Phi) is 4.52. The highest BCUT2D eigenvalue weighted by Crippen LogP contribution is 2.13. The zero-order valence-electron chi connectivity index (χ0n) is 12.0. The Hall–Kier alpha value is -2.09. The first-order chi connectivity index (χ1) is 11.0. The van der Waals surface area contributed by atoms with Gasteiger partial charge in [0.2, 0.25) is 0 Å². The van der Waals surface area contributed by atoms with Crippen molar-refractivity contribution in [3.63, 3.8) is 0 Å². The second-order valence-electron chi connectivity index (χ2n) is 5.06. The van der Waals surface area contributed by atoms with Crippen molar-refractivity contribution in [2.45, 2.75) is 6.54 Å². The van der Waals surface area contributed by atoms with Crippen LogP contribution in [-0.4, -0.2) is 33.4 Å². The van der Waals surface area contributed by atoms with E-state index >= 15 is 0 Å². The minimum Gasteiger partial charge on any atom is -0.508 e. The first-order valence-corrected chi connectivity index (χ1v) is 7.69. The Morgan fingerprint density at radius 2 is 2.00 bits per heavy atom. The van der Waals surface area contributed by atoms with Gasteiger partial charge in [0.1, 0.15) is 5.75 Å². The number of nitrogens with zero attached hydrogens (tertiary/aromatic N) is 2. The van der Waals surface area contributed by atoms with E-state index in [1.807, 2.05) is 0 Å². The fraction of sp³-hybridized carbons (Fsp3) is 0.0667. The summed E-state index contributed by atoms with van der Waals surface area (Å²) >= 11 is 11.2. The molecule has 0 atom stereocenters. The highest BCUT2D eigenvalue weighted by Gasteiger charge is 2.31. The number of benzene rings is 2. The number of phenols is 1. The van der Waals surface area contributed by atoms with Crippen LogP contribution in [-0.2, 0) is 6.54 Å². The summed E-state index contributed by atoms with van der Waals surface area (Å²) in [6.07, 6.45) is 1.61. The van der Waals surface area contributed by atoms with Gasteiger partial charge < -0.3 is 15.4 Å². The van der Waals surface area contributed by atoms with Crippen LogP contribution >= 0.6 is 23.8 Å². The summed E-state index contributed by atoms with van der Waals surface area (Å²) in [5.74, 6) is 0.211. The maximum atomic E-state index is 10.4. The van der Waals surface area contributed by atoms with Gasteiger partial charge in [0.25, 0.3) is 0 Å². The second-order valence-corrected chi connectivity index (χ2v) is 5.88. The van der Waals surface area contributed by atoms with Crippen LogP contribution < -0.4 is 10.8 Å². The van der Waals surface area contributed by atoms with Crippen LogP contribution in [0, 0.1) is 0 Å². The number of hydrogen-bond donors (Lipinski definition) is 3. The Morgan fingerprint density at radius 3 is 2.74 bits per heavy atom. The number of phenolic OH excluding ortho intramolecular Hbond substituents is 1. The number of hydrazone groups is 1. The molecule has 2 aromatic carbocycles. The zero-order valence-corrected chi connectivity index (χ0v) is 13.6. The molecule has 0 saturated carbocycles. The zero-order chi connectivity index (χ0) is 16.4. The first kappa shape index (κ1) is 15.8. The second kappa shape index (κ2) is 6.58. The SMILES string of the molecule is OB1c2ccc(Cl)cc2C=NN1C(=S)NCc1ccc(O)cc1. The molecule has 0 unspecified atom stereocenters. The van der Waals surface area contributed by atoms with Gasteiger partial charge in [0.05, 0.1) is 6.21 Å². The predicted octanol–water partition coefficient (Wildman–Crippen LogP) is 1.46. The van der Waals surface area contributed by atoms with E-state index in [4.69, 9.17) is 23.8 Å². The molecular weight excluding hydrogens is 333 g/mol. The van der Waals surface area contributed by atoms with E-state index in [-0.39, 0.29) is 5.75 Å². The van der Waals surface area contributed by atoms with Crippen LogP contribution in [0.1, 0.15) is 11.1 Å². The lowest BCUT2D eigenvalue weighted by Gasteiger charge is -2.27. The smallest absolute Gasteiger partial charge is 0.473 e. The molecule has 3 N–H and O–H groups in total. The van der Waals surface area contributed by atoms with Gasteiger partial charge in [-0.2, -0.15) is 5.10 Å². The standard InChI is InChI=1S/C15H13BClN3O2S/c17-12-3-6-14-11(7-12)9-19-20(16(14)22)15(23)18-8-10-1-4-13(21)5-2-10/h1-7,9,21-22H,8H2,(H,18,23). The summed E-state index contributed by atoms with van der Waals surface area (Å²) in [6.45, 7) is 0.464. The lowest BCUT2D eigenvalue weighted by atomic mass is 9.70. The van der Waals surface area contributed by atoms with Crippen molar-refractivity contribution in [2.75, 3.05) is 0 Å². The quantitative estimate of drug-likeness (QED) is 0.568. The number of rotatable bonds is 2. The Morgan fingerprint density at radius 1 is 1.26 bits per heavy atom. The summed E-state index contributed by atoms with van der Waals surface area (Å²) in [7, 11) is -0.966. The molecule has 0 saturated heterocycles. The summed E-state index contributed by atoms with van der Waals surface area (Å²) in [5, 5.41) is 27.8. The Balaban J connectivity index is 1.69. The van der Waals surface area contributed by atoms with Gasteiger partial charge >= 0.3 is 7.05 Å². The van der Waals surface area contributed by atoms with Crippen LogP contribution in [0.5, 0.6) is 5.75 Å². The molecule has 0 fully saturated rings. The Bertz CT molecular complexity index is 770. The fourth-order valence-corrected chi connectivity index (χ4v) is 2.65. The third-order valence-corrected chi connectivity index (χ3v) is 4.03. The van der Waals surface area contributed by atoms with Crippen molar-refractivity contribution >= 4 is 47.7 Å². The van der Waals surface area contributed by atoms with Gasteiger partial charge in [-0.3, -0.25) is 4.92 Å². The molecule has 0 bridgehead atoms. The molecule has 2 aromatic rings. The highest BCUT2D eigenvalue weighted by atomic mass is 35.5. The summed E-state index contributed by atoms with van der Waals surface area (Å²) < 4.78 is 0. The minimum atomic E-state index is -0.966. The lowest BCUT2D eigenvalue weighted by Crippen LogP contribution is -2.54. The van der Waals surface area contributed by atoms with Crippen molar-refractivity contribution in [1.29, 1.82) is 0 Å². The van der Waals surface area contributed by atoms with E-state index in [2.05, 4.69) is 10.4 Å². The van der Waals surface area contributed by atoms with E-state index < -0.39 is 7.05 Å². The number of halogens is 1. The molecule has 1 aliphatic heterocycles. The van der Waals surface area contributed by atoms with E-state index in [1.54, 1.807) is 48.7 Å². The number of hydrogen-bond acceptors (Lipinski definition) is 4. The molecular formula is C15H13BClN3O2S. The number of fused-ring (bicyclic) bond motifs is 1. The molecule has 1 heterocycles. The van der Waals surface area contributed by atoms with Crippen molar-refractivity contribution in [3.05, 3.63) is 58.6 Å². The number of thiocarbonyl (C=S) groups is 1. The largest absolute Gasteiger partial charge is 0.508 e. The van der Waals surface area contributed by atoms with Crippen molar-refractivity contribution < 1.29 is 10.1 Å². The number of nitrogens with one attached hydrogen (secondary N) is 1. The van der Waals surface area contributed by atoms with Gasteiger partial charge in [-0.15, -0.1) is 0 Å². The van der Waals surface area contributed by atoms with Crippen LogP contribution in [0.4, 0.5) is 0 Å². The molecule has 0 radical (unpaired) electrons. The molecule has 116 valence electrons. The van der Waals surface area contributed by atoms with Crippen LogP contribution in [0.15, 0.2) is 47.6 Å². The molecule has 0 amide bonds. The van der Waals surface area contributed by atoms with Gasteiger partial charge in [-0.1, -0.05) is 29.8 Å². The highest BCUT2D eigenvalue weighted by molar-refractivity contribution is 7.80. The van der Waals surface area contributed by atoms with Crippen LogP contribution in [0.25, 0.3) is 0 Å². The molecule has 8 heteroatoms. The predicted molar refractivity (Wildman–Crippen MR) is 96.0 cm³/mol. The van der Waals surface area contributed by atoms with Gasteiger partial charge in [0, 0.05) is 11.6 Å². The van der Waals surface area contributed by atoms with Crippen molar-refractivity contribution in [1.82, 2.24) is 10.2 Å². The van der Waals surface area contributed by atoms with Crippen molar-refractivity contribution in [3.8, 4) is 5.75 Å².